The Balaban J connectivity index is 0.00000441. The van der Waals surface area contributed by atoms with Crippen LogP contribution < -0.4 is 0 Å². The molecule has 22 heavy (non-hydrogen) atoms. The molecular weight excluding hydrogens is 323 g/mol. The van der Waals surface area contributed by atoms with Crippen molar-refractivity contribution in [1.82, 2.24) is 0 Å². The standard InChI is InChI=1S/C17H28O3S.K/c1-2-3-4-5-6-7-8-9-13-16-20-21(18,19)17-14-11-10-12-15-17;/h10-12,14-15H,2-9,13,16H2,1H3;. The van der Waals surface area contributed by atoms with Gasteiger partial charge in [-0.1, -0.05) is 76.5 Å². The molecule has 0 aliphatic heterocycles. The smallest absolute Gasteiger partial charge is 0.266 e. The number of hydrogen-bond acceptors (Lipinski definition) is 3. The van der Waals surface area contributed by atoms with Crippen LogP contribution in [0.2, 0.25) is 0 Å². The summed E-state index contributed by atoms with van der Waals surface area (Å²) in [6.45, 7) is 2.51. The van der Waals surface area contributed by atoms with E-state index < -0.39 is 10.1 Å². The molecule has 0 saturated heterocycles. The van der Waals surface area contributed by atoms with E-state index >= 15 is 0 Å². The van der Waals surface area contributed by atoms with Gasteiger partial charge in [0.15, 0.2) is 0 Å². The quantitative estimate of drug-likeness (QED) is 0.315. The van der Waals surface area contributed by atoms with Crippen LogP contribution in [0.25, 0.3) is 0 Å². The summed E-state index contributed by atoms with van der Waals surface area (Å²) in [5.41, 5.74) is 0. The van der Waals surface area contributed by atoms with E-state index in [1.54, 1.807) is 30.3 Å². The summed E-state index contributed by atoms with van der Waals surface area (Å²) in [7, 11) is -3.57. The molecule has 1 radical (unpaired) electrons. The first kappa shape index (κ1) is 22.8. The Labute approximate surface area is 178 Å². The fraction of sp³-hybridized carbons (Fsp3) is 0.647. The van der Waals surface area contributed by atoms with Crippen LogP contribution in [-0.2, 0) is 14.3 Å². The summed E-state index contributed by atoms with van der Waals surface area (Å²) in [5, 5.41) is 0. The summed E-state index contributed by atoms with van der Waals surface area (Å²) in [4.78, 5) is 0.237. The van der Waals surface area contributed by atoms with Gasteiger partial charge in [0.25, 0.3) is 10.1 Å². The van der Waals surface area contributed by atoms with Gasteiger partial charge in [0.1, 0.15) is 0 Å². The summed E-state index contributed by atoms with van der Waals surface area (Å²) in [6.07, 6.45) is 10.8. The third-order valence-corrected chi connectivity index (χ3v) is 4.84. The maximum Gasteiger partial charge on any atom is 0.296 e. The molecule has 0 saturated carbocycles. The van der Waals surface area contributed by atoms with Gasteiger partial charge in [-0.05, 0) is 18.6 Å². The SMILES string of the molecule is CCCCCCCCCCCOS(=O)(=O)c1ccccc1.[K]. The van der Waals surface area contributed by atoms with E-state index in [0.717, 1.165) is 12.8 Å². The Morgan fingerprint density at radius 3 is 1.86 bits per heavy atom. The minimum absolute atomic E-state index is 0. The summed E-state index contributed by atoms with van der Waals surface area (Å²) in [6, 6.07) is 8.32. The summed E-state index contributed by atoms with van der Waals surface area (Å²) < 4.78 is 28.7. The average molecular weight is 352 g/mol. The molecule has 0 amide bonds. The Hall–Kier alpha value is 0.766. The zero-order chi connectivity index (χ0) is 15.4. The first-order valence-electron chi connectivity index (χ1n) is 8.11. The van der Waals surface area contributed by atoms with E-state index in [-0.39, 0.29) is 62.9 Å². The monoisotopic (exact) mass is 351 g/mol. The second-order valence-corrected chi connectivity index (χ2v) is 7.03. The van der Waals surface area contributed by atoms with Crippen molar-refractivity contribution >= 4 is 61.5 Å². The van der Waals surface area contributed by atoms with Crippen molar-refractivity contribution in [3.8, 4) is 0 Å². The maximum absolute atomic E-state index is 11.8. The van der Waals surface area contributed by atoms with Crippen molar-refractivity contribution in [2.24, 2.45) is 0 Å². The summed E-state index contributed by atoms with van der Waals surface area (Å²) >= 11 is 0. The van der Waals surface area contributed by atoms with E-state index in [0.29, 0.717) is 0 Å². The number of unbranched alkanes of at least 4 members (excludes halogenated alkanes) is 8. The fourth-order valence-corrected chi connectivity index (χ4v) is 3.20. The summed E-state index contributed by atoms with van der Waals surface area (Å²) in [5.74, 6) is 0. The molecule has 0 aliphatic carbocycles. The second kappa shape index (κ2) is 14.1. The molecule has 0 fully saturated rings. The Morgan fingerprint density at radius 1 is 0.818 bits per heavy atom. The van der Waals surface area contributed by atoms with Crippen LogP contribution in [0.3, 0.4) is 0 Å². The van der Waals surface area contributed by atoms with Crippen molar-refractivity contribution in [3.63, 3.8) is 0 Å². The molecule has 5 heteroatoms. The molecular formula is C17H28KO3S. The van der Waals surface area contributed by atoms with Gasteiger partial charge in [0.2, 0.25) is 0 Å². The van der Waals surface area contributed by atoms with E-state index in [9.17, 15) is 8.42 Å². The van der Waals surface area contributed by atoms with E-state index in [4.69, 9.17) is 4.18 Å². The van der Waals surface area contributed by atoms with Crippen LogP contribution in [0.15, 0.2) is 35.2 Å². The van der Waals surface area contributed by atoms with Crippen molar-refractivity contribution in [1.29, 1.82) is 0 Å². The van der Waals surface area contributed by atoms with Gasteiger partial charge in [0.05, 0.1) is 11.5 Å². The van der Waals surface area contributed by atoms with Gasteiger partial charge in [-0.3, -0.25) is 4.18 Å². The molecule has 1 aromatic carbocycles. The van der Waals surface area contributed by atoms with E-state index in [1.807, 2.05) is 0 Å². The molecule has 0 heterocycles. The Morgan fingerprint density at radius 2 is 1.32 bits per heavy atom. The first-order valence-corrected chi connectivity index (χ1v) is 9.52. The van der Waals surface area contributed by atoms with Crippen LogP contribution in [0.4, 0.5) is 0 Å². The van der Waals surface area contributed by atoms with Gasteiger partial charge >= 0.3 is 0 Å². The Kier molecular flexibility index (Phi) is 14.6. The minimum atomic E-state index is -3.57. The largest absolute Gasteiger partial charge is 0.296 e. The molecule has 0 unspecified atom stereocenters. The molecule has 121 valence electrons. The third-order valence-electron chi connectivity index (χ3n) is 3.52. The van der Waals surface area contributed by atoms with Gasteiger partial charge in [-0.2, -0.15) is 8.42 Å². The van der Waals surface area contributed by atoms with Gasteiger partial charge < -0.3 is 0 Å². The normalized spacial score (nSPS) is 11.1. The van der Waals surface area contributed by atoms with Crippen LogP contribution in [-0.4, -0.2) is 66.4 Å². The topological polar surface area (TPSA) is 43.4 Å². The van der Waals surface area contributed by atoms with Gasteiger partial charge in [0, 0.05) is 51.4 Å². The van der Waals surface area contributed by atoms with Crippen molar-refractivity contribution in [2.45, 2.75) is 69.6 Å². The predicted octanol–water partition coefficient (Wildman–Crippen LogP) is 4.54. The van der Waals surface area contributed by atoms with Gasteiger partial charge in [-0.15, -0.1) is 0 Å². The first-order chi connectivity index (χ1) is 10.2. The molecule has 0 spiro atoms. The van der Waals surface area contributed by atoms with Gasteiger partial charge in [-0.25, -0.2) is 0 Å². The number of rotatable bonds is 12. The van der Waals surface area contributed by atoms with E-state index in [1.165, 1.54) is 44.9 Å². The number of benzene rings is 1. The molecule has 1 aromatic rings. The van der Waals surface area contributed by atoms with Crippen molar-refractivity contribution < 1.29 is 12.6 Å². The fourth-order valence-electron chi connectivity index (χ4n) is 2.24. The average Bonchev–Trinajstić information content (AvgIpc) is 2.50. The maximum atomic E-state index is 11.8. The molecule has 0 N–H and O–H groups in total. The van der Waals surface area contributed by atoms with Crippen LogP contribution in [0, 0.1) is 0 Å². The third kappa shape index (κ3) is 10.5. The molecule has 0 aliphatic rings. The molecule has 0 bridgehead atoms. The Bertz CT molecular complexity index is 460. The van der Waals surface area contributed by atoms with Crippen molar-refractivity contribution in [3.05, 3.63) is 30.3 Å². The molecule has 1 rings (SSSR count). The molecule has 0 atom stereocenters. The van der Waals surface area contributed by atoms with Crippen LogP contribution >= 0.6 is 0 Å². The molecule has 0 aromatic heterocycles. The zero-order valence-corrected chi connectivity index (χ0v) is 18.0. The predicted molar refractivity (Wildman–Crippen MR) is 92.6 cm³/mol. The zero-order valence-electron chi connectivity index (χ0n) is 14.1. The molecule has 3 nitrogen and oxygen atoms in total. The van der Waals surface area contributed by atoms with Crippen molar-refractivity contribution in [2.75, 3.05) is 6.61 Å². The van der Waals surface area contributed by atoms with Crippen LogP contribution in [0.5, 0.6) is 0 Å². The van der Waals surface area contributed by atoms with Crippen LogP contribution in [0.1, 0.15) is 64.7 Å². The second-order valence-electron chi connectivity index (χ2n) is 5.42. The minimum Gasteiger partial charge on any atom is -0.266 e. The van der Waals surface area contributed by atoms with E-state index in [2.05, 4.69) is 6.92 Å². The number of hydrogen-bond donors (Lipinski definition) is 0.